The fraction of sp³-hybridized carbons (Fsp3) is 0.333. The highest BCUT2D eigenvalue weighted by atomic mass is 32.1. The minimum Gasteiger partial charge on any atom is -0.346 e. The van der Waals surface area contributed by atoms with Crippen LogP contribution in [0.4, 0.5) is 5.69 Å². The smallest absolute Gasteiger partial charge is 0.313 e. The zero-order valence-corrected chi connectivity index (χ0v) is 15.2. The Morgan fingerprint density at radius 1 is 1.12 bits per heavy atom. The van der Waals surface area contributed by atoms with Crippen molar-refractivity contribution in [2.75, 3.05) is 26.0 Å². The zero-order valence-electron chi connectivity index (χ0n) is 14.4. The number of hydrogen-bond acceptors (Lipinski definition) is 4. The lowest BCUT2D eigenvalue weighted by Gasteiger charge is -2.23. The number of carbonyl (C=O) groups excluding carboxylic acids is 2. The van der Waals surface area contributed by atoms with Gasteiger partial charge in [-0.25, -0.2) is 0 Å². The Morgan fingerprint density at radius 3 is 2.33 bits per heavy atom. The Kier molecular flexibility index (Phi) is 6.11. The first-order valence-electron chi connectivity index (χ1n) is 7.74. The lowest BCUT2D eigenvalue weighted by molar-refractivity contribution is -0.136. The number of para-hydroxylation sites is 1. The highest BCUT2D eigenvalue weighted by molar-refractivity contribution is 7.07. The number of hydrogen-bond donors (Lipinski definition) is 2. The molecule has 0 fully saturated rings. The monoisotopic (exact) mass is 345 g/mol. The van der Waals surface area contributed by atoms with Gasteiger partial charge in [-0.05, 0) is 61.5 Å². The van der Waals surface area contributed by atoms with Crippen LogP contribution in [-0.4, -0.2) is 37.4 Å². The van der Waals surface area contributed by atoms with Crippen LogP contribution in [0.25, 0.3) is 0 Å². The quantitative estimate of drug-likeness (QED) is 0.819. The number of nitrogens with zero attached hydrogens (tertiary/aromatic N) is 1. The normalized spacial score (nSPS) is 12.0. The Hall–Kier alpha value is -2.18. The molecule has 1 aromatic carbocycles. The van der Waals surface area contributed by atoms with Crippen LogP contribution in [0.2, 0.25) is 0 Å². The van der Waals surface area contributed by atoms with Crippen LogP contribution in [0.1, 0.15) is 22.7 Å². The van der Waals surface area contributed by atoms with E-state index in [2.05, 4.69) is 10.6 Å². The molecule has 0 aliphatic rings. The Bertz CT molecular complexity index is 691. The van der Waals surface area contributed by atoms with Crippen LogP contribution < -0.4 is 10.6 Å². The number of amides is 2. The van der Waals surface area contributed by atoms with E-state index in [9.17, 15) is 9.59 Å². The summed E-state index contributed by atoms with van der Waals surface area (Å²) in [5, 5.41) is 9.48. The molecule has 0 saturated carbocycles. The van der Waals surface area contributed by atoms with Crippen molar-refractivity contribution in [2.45, 2.75) is 19.9 Å². The molecule has 0 aliphatic carbocycles. The minimum atomic E-state index is -0.643. The average molecular weight is 345 g/mol. The molecule has 1 unspecified atom stereocenters. The molecule has 2 rings (SSSR count). The third-order valence-corrected chi connectivity index (χ3v) is 4.63. The number of likely N-dealkylation sites (N-methyl/N-ethyl adjacent to an activating group) is 1. The highest BCUT2D eigenvalue weighted by Gasteiger charge is 2.19. The van der Waals surface area contributed by atoms with E-state index in [1.807, 2.05) is 67.9 Å². The topological polar surface area (TPSA) is 61.4 Å². The van der Waals surface area contributed by atoms with Gasteiger partial charge in [-0.15, -0.1) is 0 Å². The predicted molar refractivity (Wildman–Crippen MR) is 98.3 cm³/mol. The molecule has 0 aliphatic heterocycles. The van der Waals surface area contributed by atoms with Gasteiger partial charge >= 0.3 is 11.8 Å². The van der Waals surface area contributed by atoms with E-state index in [0.717, 1.165) is 16.7 Å². The molecule has 2 amide bonds. The molecular formula is C18H23N3O2S. The van der Waals surface area contributed by atoms with Crippen LogP contribution in [0.5, 0.6) is 0 Å². The maximum atomic E-state index is 12.2. The number of thiophene rings is 1. The number of rotatable bonds is 5. The van der Waals surface area contributed by atoms with Gasteiger partial charge in [0.05, 0.1) is 6.04 Å². The van der Waals surface area contributed by atoms with Crippen LogP contribution in [0.3, 0.4) is 0 Å². The summed E-state index contributed by atoms with van der Waals surface area (Å²) in [5.41, 5.74) is 3.68. The van der Waals surface area contributed by atoms with Gasteiger partial charge in [0, 0.05) is 12.2 Å². The number of anilines is 1. The summed E-state index contributed by atoms with van der Waals surface area (Å²) in [6.45, 7) is 4.18. The van der Waals surface area contributed by atoms with Crippen LogP contribution >= 0.6 is 11.3 Å². The summed E-state index contributed by atoms with van der Waals surface area (Å²) in [4.78, 5) is 26.3. The summed E-state index contributed by atoms with van der Waals surface area (Å²) in [6, 6.07) is 7.78. The van der Waals surface area contributed by atoms with Crippen molar-refractivity contribution in [3.63, 3.8) is 0 Å². The Balaban J connectivity index is 1.98. The molecule has 0 saturated heterocycles. The number of nitrogens with one attached hydrogen (secondary N) is 2. The van der Waals surface area contributed by atoms with Crippen molar-refractivity contribution in [3.8, 4) is 0 Å². The Labute approximate surface area is 146 Å². The molecule has 1 atom stereocenters. The largest absolute Gasteiger partial charge is 0.346 e. The fourth-order valence-corrected chi connectivity index (χ4v) is 3.22. The van der Waals surface area contributed by atoms with Gasteiger partial charge in [0.2, 0.25) is 0 Å². The second-order valence-corrected chi connectivity index (χ2v) is 6.75. The van der Waals surface area contributed by atoms with E-state index < -0.39 is 11.8 Å². The fourth-order valence-electron chi connectivity index (χ4n) is 2.51. The SMILES string of the molecule is Cc1cccc(C)c1NC(=O)C(=O)NCC(c1ccsc1)N(C)C. The molecule has 0 radical (unpaired) electrons. The standard InChI is InChI=1S/C18H23N3O2S/c1-12-6-5-7-13(2)16(12)20-18(23)17(22)19-10-15(21(3)4)14-8-9-24-11-14/h5-9,11,15H,10H2,1-4H3,(H,19,22)(H,20,23). The van der Waals surface area contributed by atoms with Gasteiger partial charge in [0.15, 0.2) is 0 Å². The van der Waals surface area contributed by atoms with Gasteiger partial charge in [-0.1, -0.05) is 18.2 Å². The molecule has 6 heteroatoms. The summed E-state index contributed by atoms with van der Waals surface area (Å²) in [5.74, 6) is -1.27. The number of aryl methyl sites for hydroxylation is 2. The molecule has 2 aromatic rings. The van der Waals surface area contributed by atoms with Gasteiger partial charge < -0.3 is 15.5 Å². The molecule has 5 nitrogen and oxygen atoms in total. The van der Waals surface area contributed by atoms with E-state index in [4.69, 9.17) is 0 Å². The van der Waals surface area contributed by atoms with Crippen molar-refractivity contribution in [2.24, 2.45) is 0 Å². The van der Waals surface area contributed by atoms with Gasteiger partial charge in [0.25, 0.3) is 0 Å². The van der Waals surface area contributed by atoms with Crippen molar-refractivity contribution < 1.29 is 9.59 Å². The summed E-state index contributed by atoms with van der Waals surface area (Å²) in [6.07, 6.45) is 0. The Morgan fingerprint density at radius 2 is 1.79 bits per heavy atom. The second-order valence-electron chi connectivity index (χ2n) is 5.97. The third kappa shape index (κ3) is 4.43. The van der Waals surface area contributed by atoms with E-state index in [1.54, 1.807) is 11.3 Å². The highest BCUT2D eigenvalue weighted by Crippen LogP contribution is 2.21. The molecule has 128 valence electrons. The number of carbonyl (C=O) groups is 2. The van der Waals surface area contributed by atoms with E-state index >= 15 is 0 Å². The zero-order chi connectivity index (χ0) is 17.7. The lowest BCUT2D eigenvalue weighted by Crippen LogP contribution is -2.40. The van der Waals surface area contributed by atoms with E-state index in [1.165, 1.54) is 0 Å². The first-order valence-corrected chi connectivity index (χ1v) is 8.68. The summed E-state index contributed by atoms with van der Waals surface area (Å²) in [7, 11) is 3.90. The van der Waals surface area contributed by atoms with Gasteiger partial charge in [-0.2, -0.15) is 11.3 Å². The van der Waals surface area contributed by atoms with Crippen LogP contribution in [0, 0.1) is 13.8 Å². The average Bonchev–Trinajstić information content (AvgIpc) is 3.04. The molecule has 2 N–H and O–H groups in total. The third-order valence-electron chi connectivity index (χ3n) is 3.93. The minimum absolute atomic E-state index is 0.0354. The molecule has 24 heavy (non-hydrogen) atoms. The molecule has 0 spiro atoms. The van der Waals surface area contributed by atoms with Gasteiger partial charge in [0.1, 0.15) is 0 Å². The molecular weight excluding hydrogens is 322 g/mol. The number of benzene rings is 1. The van der Waals surface area contributed by atoms with E-state index in [0.29, 0.717) is 12.2 Å². The van der Waals surface area contributed by atoms with Crippen LogP contribution in [0.15, 0.2) is 35.0 Å². The van der Waals surface area contributed by atoms with Crippen molar-refractivity contribution in [1.82, 2.24) is 10.2 Å². The van der Waals surface area contributed by atoms with Crippen molar-refractivity contribution in [1.29, 1.82) is 0 Å². The van der Waals surface area contributed by atoms with E-state index in [-0.39, 0.29) is 6.04 Å². The molecule has 0 bridgehead atoms. The molecule has 1 aromatic heterocycles. The lowest BCUT2D eigenvalue weighted by atomic mass is 10.1. The summed E-state index contributed by atoms with van der Waals surface area (Å²) < 4.78 is 0. The van der Waals surface area contributed by atoms with Gasteiger partial charge in [-0.3, -0.25) is 9.59 Å². The first-order chi connectivity index (χ1) is 11.4. The molecule has 1 heterocycles. The maximum absolute atomic E-state index is 12.2. The maximum Gasteiger partial charge on any atom is 0.313 e. The first kappa shape index (κ1) is 18.2. The van der Waals surface area contributed by atoms with Crippen LogP contribution in [-0.2, 0) is 9.59 Å². The second kappa shape index (κ2) is 8.08. The van der Waals surface area contributed by atoms with Crippen molar-refractivity contribution >= 4 is 28.8 Å². The summed E-state index contributed by atoms with van der Waals surface area (Å²) >= 11 is 1.61. The van der Waals surface area contributed by atoms with Crippen molar-refractivity contribution in [3.05, 3.63) is 51.7 Å². The predicted octanol–water partition coefficient (Wildman–Crippen LogP) is 2.72.